The third kappa shape index (κ3) is 2.77. The predicted molar refractivity (Wildman–Crippen MR) is 66.3 cm³/mol. The maximum atomic E-state index is 10.8. The van der Waals surface area contributed by atoms with Crippen molar-refractivity contribution in [1.82, 2.24) is 4.90 Å². The molecule has 1 N–H and O–H groups in total. The molecule has 0 bridgehead atoms. The van der Waals surface area contributed by atoms with E-state index in [0.29, 0.717) is 13.2 Å². The first-order valence-electron chi connectivity index (χ1n) is 5.79. The highest BCUT2D eigenvalue weighted by Gasteiger charge is 2.40. The van der Waals surface area contributed by atoms with Crippen molar-refractivity contribution in [2.24, 2.45) is 0 Å². The number of nitrogens with zero attached hydrogens (tertiary/aromatic N) is 1. The smallest absolute Gasteiger partial charge is 0.407 e. The second kappa shape index (κ2) is 4.37. The van der Waals surface area contributed by atoms with Crippen LogP contribution in [0.1, 0.15) is 27.2 Å². The molecule has 0 aliphatic carbocycles. The standard InChI is InChI=1S/C11H23NO3Si/c1-11(2,3)16(4,5)15-8-9-6-7-12(9)10(13)14/h9H,6-8H2,1-5H3,(H,13,14)/t9-/m0/s1. The lowest BCUT2D eigenvalue weighted by atomic mass is 10.1. The molecule has 0 aromatic heterocycles. The Labute approximate surface area is 98.7 Å². The zero-order valence-corrected chi connectivity index (χ0v) is 11.9. The summed E-state index contributed by atoms with van der Waals surface area (Å²) in [6.45, 7) is 12.2. The van der Waals surface area contributed by atoms with Crippen molar-refractivity contribution in [3.63, 3.8) is 0 Å². The number of carboxylic acid groups (broad SMARTS) is 1. The SMILES string of the molecule is CC(C)(C)[Si](C)(C)OC[C@@H]1CCN1C(=O)O. The Hall–Kier alpha value is -0.553. The molecular weight excluding hydrogens is 222 g/mol. The van der Waals surface area contributed by atoms with Crippen molar-refractivity contribution in [2.75, 3.05) is 13.2 Å². The van der Waals surface area contributed by atoms with E-state index < -0.39 is 14.4 Å². The Balaban J connectivity index is 2.44. The van der Waals surface area contributed by atoms with Gasteiger partial charge < -0.3 is 14.4 Å². The van der Waals surface area contributed by atoms with Crippen LogP contribution in [-0.2, 0) is 4.43 Å². The monoisotopic (exact) mass is 245 g/mol. The van der Waals surface area contributed by atoms with E-state index in [1.54, 1.807) is 0 Å². The van der Waals surface area contributed by atoms with Crippen molar-refractivity contribution in [2.45, 2.75) is 51.4 Å². The quantitative estimate of drug-likeness (QED) is 0.778. The van der Waals surface area contributed by atoms with Crippen LogP contribution < -0.4 is 0 Å². The molecule has 0 saturated carbocycles. The molecule has 0 unspecified atom stereocenters. The summed E-state index contributed by atoms with van der Waals surface area (Å²) in [6, 6.07) is 0.0756. The van der Waals surface area contributed by atoms with Gasteiger partial charge in [0, 0.05) is 6.54 Å². The van der Waals surface area contributed by atoms with Crippen molar-refractivity contribution >= 4 is 14.4 Å². The van der Waals surface area contributed by atoms with E-state index in [9.17, 15) is 4.79 Å². The molecule has 1 rings (SSSR count). The van der Waals surface area contributed by atoms with E-state index in [0.717, 1.165) is 6.42 Å². The van der Waals surface area contributed by atoms with E-state index in [1.165, 1.54) is 4.90 Å². The molecule has 1 atom stereocenters. The van der Waals surface area contributed by atoms with Crippen LogP contribution in [0.15, 0.2) is 0 Å². The lowest BCUT2D eigenvalue weighted by Crippen LogP contribution is -2.55. The molecule has 0 radical (unpaired) electrons. The summed E-state index contributed by atoms with van der Waals surface area (Å²) in [5.74, 6) is 0. The molecule has 1 saturated heterocycles. The predicted octanol–water partition coefficient (Wildman–Crippen LogP) is 2.76. The second-order valence-corrected chi connectivity index (χ2v) is 10.8. The van der Waals surface area contributed by atoms with Gasteiger partial charge in [-0.05, 0) is 24.6 Å². The third-order valence-electron chi connectivity index (χ3n) is 3.83. The Morgan fingerprint density at radius 3 is 2.38 bits per heavy atom. The minimum atomic E-state index is -1.73. The zero-order chi connectivity index (χ0) is 12.6. The van der Waals surface area contributed by atoms with Gasteiger partial charge in [-0.1, -0.05) is 20.8 Å². The van der Waals surface area contributed by atoms with Gasteiger partial charge >= 0.3 is 6.09 Å². The van der Waals surface area contributed by atoms with Crippen LogP contribution in [0.4, 0.5) is 4.79 Å². The third-order valence-corrected chi connectivity index (χ3v) is 8.33. The van der Waals surface area contributed by atoms with Gasteiger partial charge in [0.05, 0.1) is 12.6 Å². The minimum absolute atomic E-state index is 0.0756. The lowest BCUT2D eigenvalue weighted by Gasteiger charge is -2.42. The van der Waals surface area contributed by atoms with E-state index in [2.05, 4.69) is 33.9 Å². The zero-order valence-electron chi connectivity index (χ0n) is 10.9. The van der Waals surface area contributed by atoms with Crippen molar-refractivity contribution in [3.8, 4) is 0 Å². The highest BCUT2D eigenvalue weighted by atomic mass is 28.4. The first-order valence-corrected chi connectivity index (χ1v) is 8.69. The minimum Gasteiger partial charge on any atom is -0.465 e. The van der Waals surface area contributed by atoms with E-state index >= 15 is 0 Å². The molecule has 1 aliphatic heterocycles. The number of hydrogen-bond acceptors (Lipinski definition) is 2. The Kier molecular flexibility index (Phi) is 3.69. The van der Waals surface area contributed by atoms with Gasteiger partial charge in [-0.3, -0.25) is 0 Å². The summed E-state index contributed by atoms with van der Waals surface area (Å²) in [5.41, 5.74) is 0. The van der Waals surface area contributed by atoms with E-state index in [1.807, 2.05) is 0 Å². The van der Waals surface area contributed by atoms with Crippen LogP contribution in [0.25, 0.3) is 0 Å². The van der Waals surface area contributed by atoms with Crippen LogP contribution in [0.5, 0.6) is 0 Å². The summed E-state index contributed by atoms with van der Waals surface area (Å²) in [7, 11) is -1.73. The normalized spacial score (nSPS) is 21.8. The first-order chi connectivity index (χ1) is 7.15. The van der Waals surface area contributed by atoms with E-state index in [4.69, 9.17) is 9.53 Å². The molecule has 16 heavy (non-hydrogen) atoms. The fourth-order valence-electron chi connectivity index (χ4n) is 1.39. The molecule has 1 heterocycles. The van der Waals surface area contributed by atoms with Crippen LogP contribution in [0, 0.1) is 0 Å². The molecule has 1 fully saturated rings. The van der Waals surface area contributed by atoms with Crippen LogP contribution in [-0.4, -0.2) is 43.6 Å². The van der Waals surface area contributed by atoms with Crippen molar-refractivity contribution in [3.05, 3.63) is 0 Å². The Morgan fingerprint density at radius 1 is 1.50 bits per heavy atom. The van der Waals surface area contributed by atoms with Gasteiger partial charge in [-0.25, -0.2) is 4.79 Å². The highest BCUT2D eigenvalue weighted by Crippen LogP contribution is 2.37. The largest absolute Gasteiger partial charge is 0.465 e. The molecule has 4 nitrogen and oxygen atoms in total. The molecule has 1 aliphatic rings. The highest BCUT2D eigenvalue weighted by molar-refractivity contribution is 6.74. The number of rotatable bonds is 3. The van der Waals surface area contributed by atoms with Crippen molar-refractivity contribution in [1.29, 1.82) is 0 Å². The molecular formula is C11H23NO3Si. The maximum absolute atomic E-state index is 10.8. The maximum Gasteiger partial charge on any atom is 0.407 e. The van der Waals surface area contributed by atoms with E-state index in [-0.39, 0.29) is 11.1 Å². The number of hydrogen-bond donors (Lipinski definition) is 1. The van der Waals surface area contributed by atoms with Gasteiger partial charge in [0.15, 0.2) is 8.32 Å². The summed E-state index contributed by atoms with van der Waals surface area (Å²) in [4.78, 5) is 12.3. The van der Waals surface area contributed by atoms with Crippen LogP contribution in [0.3, 0.4) is 0 Å². The Bertz CT molecular complexity index is 273. The average Bonchev–Trinajstić information content (AvgIpc) is 1.98. The Morgan fingerprint density at radius 2 is 2.06 bits per heavy atom. The summed E-state index contributed by atoms with van der Waals surface area (Å²) in [6.07, 6.45) is 0.107. The van der Waals surface area contributed by atoms with Crippen LogP contribution in [0.2, 0.25) is 18.1 Å². The lowest BCUT2D eigenvalue weighted by molar-refractivity contribution is 0.0466. The van der Waals surface area contributed by atoms with Gasteiger partial charge in [-0.2, -0.15) is 0 Å². The van der Waals surface area contributed by atoms with Gasteiger partial charge in [-0.15, -0.1) is 0 Å². The molecule has 0 aromatic carbocycles. The topological polar surface area (TPSA) is 49.8 Å². The average molecular weight is 245 g/mol. The van der Waals surface area contributed by atoms with Gasteiger partial charge in [0.1, 0.15) is 0 Å². The molecule has 0 spiro atoms. The summed E-state index contributed by atoms with van der Waals surface area (Å²) in [5, 5.41) is 9.06. The molecule has 94 valence electrons. The summed E-state index contributed by atoms with van der Waals surface area (Å²) < 4.78 is 6.01. The molecule has 5 heteroatoms. The van der Waals surface area contributed by atoms with Gasteiger partial charge in [0.2, 0.25) is 0 Å². The molecule has 1 amide bonds. The second-order valence-electron chi connectivity index (χ2n) is 5.99. The first kappa shape index (κ1) is 13.5. The summed E-state index contributed by atoms with van der Waals surface area (Å²) >= 11 is 0. The number of likely N-dealkylation sites (tertiary alicyclic amines) is 1. The van der Waals surface area contributed by atoms with Crippen molar-refractivity contribution < 1.29 is 14.3 Å². The fraction of sp³-hybridized carbons (Fsp3) is 0.909. The van der Waals surface area contributed by atoms with Crippen LogP contribution >= 0.6 is 0 Å². The van der Waals surface area contributed by atoms with Gasteiger partial charge in [0.25, 0.3) is 0 Å². The number of carbonyl (C=O) groups is 1. The molecule has 0 aromatic rings. The fourth-order valence-corrected chi connectivity index (χ4v) is 2.43. The number of amides is 1.